The summed E-state index contributed by atoms with van der Waals surface area (Å²) in [5.74, 6) is -2.34. The first kappa shape index (κ1) is 26.8. The molecule has 2 N–H and O–H groups in total. The van der Waals surface area contributed by atoms with Crippen LogP contribution in [0, 0.1) is 29.1 Å². The van der Waals surface area contributed by atoms with E-state index >= 15 is 0 Å². The van der Waals surface area contributed by atoms with Crippen LogP contribution in [-0.4, -0.2) is 52.7 Å². The summed E-state index contributed by atoms with van der Waals surface area (Å²) >= 11 is 0. The Labute approximate surface area is 182 Å². The lowest BCUT2D eigenvalue weighted by Crippen LogP contribution is -2.50. The van der Waals surface area contributed by atoms with Gasteiger partial charge < -0.3 is 23.7 Å². The predicted octanol–water partition coefficient (Wildman–Crippen LogP) is 3.73. The molecule has 4 unspecified atom stereocenters. The Morgan fingerprint density at radius 1 is 1.20 bits per heavy atom. The lowest BCUT2D eigenvalue weighted by Gasteiger charge is -2.43. The summed E-state index contributed by atoms with van der Waals surface area (Å²) in [6.45, 7) is 13.2. The van der Waals surface area contributed by atoms with E-state index in [1.807, 2.05) is 39.8 Å². The van der Waals surface area contributed by atoms with Gasteiger partial charge in [0.2, 0.25) is 5.91 Å². The van der Waals surface area contributed by atoms with Crippen molar-refractivity contribution in [1.29, 1.82) is 0 Å². The van der Waals surface area contributed by atoms with E-state index in [9.17, 15) is 14.7 Å². The van der Waals surface area contributed by atoms with Gasteiger partial charge in [-0.1, -0.05) is 46.3 Å². The van der Waals surface area contributed by atoms with Crippen LogP contribution in [-0.2, 0) is 22.9 Å². The molecular formula is C22H41NO6Si. The Kier molecular flexibility index (Phi) is 10.7. The summed E-state index contributed by atoms with van der Waals surface area (Å²) in [4.78, 5) is 25.3. The van der Waals surface area contributed by atoms with Crippen molar-refractivity contribution in [3.05, 3.63) is 12.2 Å². The summed E-state index contributed by atoms with van der Waals surface area (Å²) in [6, 6.07) is 0.596. The van der Waals surface area contributed by atoms with Crippen LogP contribution < -0.4 is 5.32 Å². The minimum Gasteiger partial charge on any atom is -0.481 e. The number of rotatable bonds is 13. The Morgan fingerprint density at radius 2 is 1.80 bits per heavy atom. The highest BCUT2D eigenvalue weighted by Gasteiger charge is 2.49. The normalized spacial score (nSPS) is 24.4. The van der Waals surface area contributed by atoms with Gasteiger partial charge in [-0.05, 0) is 37.5 Å². The van der Waals surface area contributed by atoms with Gasteiger partial charge in [-0.3, -0.25) is 9.59 Å². The number of amides is 1. The van der Waals surface area contributed by atoms with E-state index in [0.29, 0.717) is 32.2 Å². The van der Waals surface area contributed by atoms with Gasteiger partial charge in [0, 0.05) is 32.9 Å². The minimum atomic E-state index is -2.73. The zero-order valence-electron chi connectivity index (χ0n) is 19.7. The van der Waals surface area contributed by atoms with Gasteiger partial charge in [0.1, 0.15) is 0 Å². The fraction of sp³-hybridized carbons (Fsp3) is 0.818. The summed E-state index contributed by atoms with van der Waals surface area (Å²) in [7, 11) is -1.13. The molecule has 0 heterocycles. The molecule has 7 nitrogen and oxygen atoms in total. The largest absolute Gasteiger partial charge is 0.500 e. The lowest BCUT2D eigenvalue weighted by atomic mass is 9.60. The number of nitrogens with one attached hydrogen (secondary N) is 1. The highest BCUT2D eigenvalue weighted by atomic mass is 28.4. The Bertz CT molecular complexity index is 588. The molecule has 1 rings (SSSR count). The van der Waals surface area contributed by atoms with Crippen molar-refractivity contribution in [3.8, 4) is 0 Å². The second-order valence-corrected chi connectivity index (χ2v) is 11.5. The number of allylic oxidation sites excluding steroid dienone is 2. The van der Waals surface area contributed by atoms with E-state index in [-0.39, 0.29) is 17.7 Å². The Balaban J connectivity index is 2.89. The molecular weight excluding hydrogens is 402 g/mol. The lowest BCUT2D eigenvalue weighted by molar-refractivity contribution is -0.154. The minimum absolute atomic E-state index is 0.0941. The van der Waals surface area contributed by atoms with Crippen LogP contribution in [0.2, 0.25) is 6.04 Å². The van der Waals surface area contributed by atoms with Crippen LogP contribution >= 0.6 is 0 Å². The number of carboxylic acid groups (broad SMARTS) is 1. The smallest absolute Gasteiger partial charge is 0.481 e. The average Bonchev–Trinajstić information content (AvgIpc) is 2.69. The first-order valence-corrected chi connectivity index (χ1v) is 13.0. The molecule has 0 spiro atoms. The number of aliphatic carboxylic acids is 1. The third-order valence-electron chi connectivity index (χ3n) is 6.19. The van der Waals surface area contributed by atoms with E-state index in [0.717, 1.165) is 6.42 Å². The number of carboxylic acids is 1. The monoisotopic (exact) mass is 443 g/mol. The maximum atomic E-state index is 13.2. The topological polar surface area (TPSA) is 94.1 Å². The molecule has 0 aliphatic heterocycles. The van der Waals surface area contributed by atoms with Crippen molar-refractivity contribution in [2.24, 2.45) is 29.1 Å². The molecule has 0 fully saturated rings. The Morgan fingerprint density at radius 3 is 2.27 bits per heavy atom. The molecule has 30 heavy (non-hydrogen) atoms. The van der Waals surface area contributed by atoms with E-state index < -0.39 is 32.0 Å². The molecule has 0 bridgehead atoms. The van der Waals surface area contributed by atoms with Gasteiger partial charge in [0.25, 0.3) is 0 Å². The summed E-state index contributed by atoms with van der Waals surface area (Å²) in [5.41, 5.74) is -0.583. The number of carbonyl (C=O) groups excluding carboxylic acids is 1. The second kappa shape index (κ2) is 12.0. The fourth-order valence-corrected chi connectivity index (χ4v) is 6.66. The van der Waals surface area contributed by atoms with E-state index in [1.165, 1.54) is 0 Å². The van der Waals surface area contributed by atoms with Gasteiger partial charge >= 0.3 is 14.8 Å². The van der Waals surface area contributed by atoms with Gasteiger partial charge in [0.05, 0.1) is 11.8 Å². The quantitative estimate of drug-likeness (QED) is 0.256. The average molecular weight is 444 g/mol. The summed E-state index contributed by atoms with van der Waals surface area (Å²) in [5, 5.41) is 12.9. The van der Waals surface area contributed by atoms with Gasteiger partial charge in [-0.2, -0.15) is 0 Å². The van der Waals surface area contributed by atoms with Crippen LogP contribution in [0.3, 0.4) is 0 Å². The molecule has 1 aliphatic rings. The van der Waals surface area contributed by atoms with Gasteiger partial charge in [-0.25, -0.2) is 0 Å². The zero-order chi connectivity index (χ0) is 22.9. The second-order valence-electron chi connectivity index (χ2n) is 8.63. The van der Waals surface area contributed by atoms with E-state index in [4.69, 9.17) is 13.3 Å². The van der Waals surface area contributed by atoms with Crippen molar-refractivity contribution < 1.29 is 28.0 Å². The van der Waals surface area contributed by atoms with Crippen molar-refractivity contribution in [3.63, 3.8) is 0 Å². The number of hydrogen-bond acceptors (Lipinski definition) is 5. The molecule has 0 saturated carbocycles. The first-order valence-electron chi connectivity index (χ1n) is 11.1. The van der Waals surface area contributed by atoms with Crippen molar-refractivity contribution in [2.75, 3.05) is 26.9 Å². The molecule has 0 radical (unpaired) electrons. The standard InChI is InChI=1S/C22H41NO6Si/c1-8-16(4)17-12-13-22(5,6)19(21(25)26)18(17)20(24)23-14-11-15-30(27-7,28-9-2)29-10-3/h12-13,16-19H,8-11,14-15H2,1-7H3,(H,23,24)(H,25,26). The number of carbonyl (C=O) groups is 2. The molecule has 174 valence electrons. The molecule has 0 aromatic heterocycles. The van der Waals surface area contributed by atoms with Crippen LogP contribution in [0.25, 0.3) is 0 Å². The van der Waals surface area contributed by atoms with Crippen molar-refractivity contribution in [1.82, 2.24) is 5.32 Å². The SMILES string of the molecule is CCO[Si](CCCNC(=O)C1C(C(C)CC)C=CC(C)(C)C1C(=O)O)(OC)OCC. The zero-order valence-corrected chi connectivity index (χ0v) is 20.7. The molecule has 4 atom stereocenters. The van der Waals surface area contributed by atoms with Gasteiger partial charge in [-0.15, -0.1) is 0 Å². The summed E-state index contributed by atoms with van der Waals surface area (Å²) < 4.78 is 17.1. The third kappa shape index (κ3) is 6.64. The third-order valence-corrected chi connectivity index (χ3v) is 9.24. The molecule has 8 heteroatoms. The molecule has 0 saturated heterocycles. The fourth-order valence-electron chi connectivity index (χ4n) is 4.36. The molecule has 0 aromatic rings. The maximum Gasteiger partial charge on any atom is 0.500 e. The van der Waals surface area contributed by atoms with E-state index in [2.05, 4.69) is 19.2 Å². The predicted molar refractivity (Wildman–Crippen MR) is 119 cm³/mol. The van der Waals surface area contributed by atoms with Crippen LogP contribution in [0.5, 0.6) is 0 Å². The highest BCUT2D eigenvalue weighted by molar-refractivity contribution is 6.60. The van der Waals surface area contributed by atoms with Crippen LogP contribution in [0.4, 0.5) is 0 Å². The number of hydrogen-bond donors (Lipinski definition) is 2. The van der Waals surface area contributed by atoms with Gasteiger partial charge in [0.15, 0.2) is 0 Å². The highest BCUT2D eigenvalue weighted by Crippen LogP contribution is 2.45. The van der Waals surface area contributed by atoms with Crippen LogP contribution in [0.15, 0.2) is 12.2 Å². The Hall–Kier alpha value is -1.22. The summed E-state index contributed by atoms with van der Waals surface area (Å²) in [6.07, 6.45) is 5.54. The van der Waals surface area contributed by atoms with Crippen molar-refractivity contribution in [2.45, 2.75) is 60.4 Å². The maximum absolute atomic E-state index is 13.2. The first-order chi connectivity index (χ1) is 14.1. The van der Waals surface area contributed by atoms with Crippen molar-refractivity contribution >= 4 is 20.7 Å². The molecule has 1 amide bonds. The van der Waals surface area contributed by atoms with Crippen LogP contribution in [0.1, 0.15) is 54.4 Å². The van der Waals surface area contributed by atoms with E-state index in [1.54, 1.807) is 7.11 Å². The molecule has 0 aromatic carbocycles. The molecule has 1 aliphatic carbocycles.